The van der Waals surface area contributed by atoms with Gasteiger partial charge in [-0.15, -0.1) is 0 Å². The Labute approximate surface area is 150 Å². The van der Waals surface area contributed by atoms with Gasteiger partial charge < -0.3 is 5.11 Å². The van der Waals surface area contributed by atoms with Gasteiger partial charge in [0.15, 0.2) is 0 Å². The molecule has 0 aliphatic heterocycles. The first-order chi connectivity index (χ1) is 11.3. The van der Waals surface area contributed by atoms with Crippen molar-refractivity contribution in [1.82, 2.24) is 4.90 Å². The number of nitrogens with zero attached hydrogens (tertiary/aromatic N) is 1. The highest BCUT2D eigenvalue weighted by Crippen LogP contribution is 2.09. The highest BCUT2D eigenvalue weighted by atomic mass is 16.3. The number of aliphatic hydroxyl groups excluding tert-OH is 1. The summed E-state index contributed by atoms with van der Waals surface area (Å²) in [5, 5.41) is 9.27. The van der Waals surface area contributed by atoms with Crippen molar-refractivity contribution in [2.24, 2.45) is 0 Å². The molecule has 0 radical (unpaired) electrons. The van der Waals surface area contributed by atoms with Crippen LogP contribution < -0.4 is 0 Å². The molecule has 0 fully saturated rings. The summed E-state index contributed by atoms with van der Waals surface area (Å²) in [4.78, 5) is 2.30. The molecule has 0 heterocycles. The average Bonchev–Trinajstić information content (AvgIpc) is 2.49. The van der Waals surface area contributed by atoms with Crippen LogP contribution in [0.5, 0.6) is 0 Å². The topological polar surface area (TPSA) is 23.5 Å². The van der Waals surface area contributed by atoms with Gasteiger partial charge in [0, 0.05) is 19.6 Å². The van der Waals surface area contributed by atoms with E-state index in [1.165, 1.54) is 22.3 Å². The summed E-state index contributed by atoms with van der Waals surface area (Å²) in [6, 6.07) is 0. The second kappa shape index (κ2) is 14.2. The lowest BCUT2D eigenvalue weighted by Crippen LogP contribution is -2.27. The lowest BCUT2D eigenvalue weighted by molar-refractivity contribution is 0.220. The molecule has 0 aliphatic rings. The second-order valence-corrected chi connectivity index (χ2v) is 7.22. The summed E-state index contributed by atoms with van der Waals surface area (Å²) in [5.41, 5.74) is 5.64. The standard InChI is InChI=1S/C22H39NO/c1-19(2)9-7-11-21(5)13-15-23(17-18-24)16-14-22(6)12-8-10-20(3)4/h9-10,13-14,24H,7-8,11-12,15-18H2,1-6H3/b21-13+,22-14+. The minimum atomic E-state index is 0.218. The van der Waals surface area contributed by atoms with Crippen LogP contribution in [0, 0.1) is 0 Å². The van der Waals surface area contributed by atoms with Gasteiger partial charge in [-0.25, -0.2) is 0 Å². The highest BCUT2D eigenvalue weighted by molar-refractivity contribution is 5.05. The Balaban J connectivity index is 4.37. The molecule has 0 saturated heterocycles. The lowest BCUT2D eigenvalue weighted by atomic mass is 10.1. The van der Waals surface area contributed by atoms with Gasteiger partial charge in [0.05, 0.1) is 6.61 Å². The number of aliphatic hydroxyl groups is 1. The Hall–Kier alpha value is -1.12. The molecule has 0 aromatic carbocycles. The van der Waals surface area contributed by atoms with Crippen LogP contribution in [0.2, 0.25) is 0 Å². The van der Waals surface area contributed by atoms with Crippen molar-refractivity contribution >= 4 is 0 Å². The molecule has 0 saturated carbocycles. The smallest absolute Gasteiger partial charge is 0.0558 e. The van der Waals surface area contributed by atoms with E-state index in [0.29, 0.717) is 0 Å². The van der Waals surface area contributed by atoms with E-state index in [9.17, 15) is 5.11 Å². The van der Waals surface area contributed by atoms with Gasteiger partial charge >= 0.3 is 0 Å². The van der Waals surface area contributed by atoms with E-state index >= 15 is 0 Å². The monoisotopic (exact) mass is 333 g/mol. The normalized spacial score (nSPS) is 12.5. The molecule has 0 spiro atoms. The van der Waals surface area contributed by atoms with E-state index in [1.54, 1.807) is 0 Å². The molecule has 0 aromatic rings. The minimum absolute atomic E-state index is 0.218. The third-order valence-corrected chi connectivity index (χ3v) is 3.99. The highest BCUT2D eigenvalue weighted by Gasteiger charge is 2.01. The Bertz CT molecular complexity index is 407. The fourth-order valence-electron chi connectivity index (χ4n) is 2.35. The van der Waals surface area contributed by atoms with Crippen LogP contribution >= 0.6 is 0 Å². The second-order valence-electron chi connectivity index (χ2n) is 7.22. The van der Waals surface area contributed by atoms with Gasteiger partial charge in [0.2, 0.25) is 0 Å². The van der Waals surface area contributed by atoms with E-state index in [0.717, 1.165) is 45.3 Å². The molecule has 0 atom stereocenters. The summed E-state index contributed by atoms with van der Waals surface area (Å²) in [6.45, 7) is 15.8. The Morgan fingerprint density at radius 1 is 0.708 bits per heavy atom. The van der Waals surface area contributed by atoms with Crippen LogP contribution in [0.4, 0.5) is 0 Å². The molecule has 0 bridgehead atoms. The Kier molecular flexibility index (Phi) is 13.6. The summed E-state index contributed by atoms with van der Waals surface area (Å²) in [5.74, 6) is 0. The molecule has 24 heavy (non-hydrogen) atoms. The van der Waals surface area contributed by atoms with Crippen molar-refractivity contribution < 1.29 is 5.11 Å². The van der Waals surface area contributed by atoms with Crippen LogP contribution in [-0.2, 0) is 0 Å². The number of hydrogen-bond acceptors (Lipinski definition) is 2. The first-order valence-electron chi connectivity index (χ1n) is 9.26. The van der Waals surface area contributed by atoms with Crippen molar-refractivity contribution in [3.05, 3.63) is 46.6 Å². The number of hydrogen-bond donors (Lipinski definition) is 1. The third-order valence-electron chi connectivity index (χ3n) is 3.99. The van der Waals surface area contributed by atoms with Crippen LogP contribution in [0.3, 0.4) is 0 Å². The largest absolute Gasteiger partial charge is 0.395 e. The van der Waals surface area contributed by atoms with Crippen molar-refractivity contribution in [3.63, 3.8) is 0 Å². The van der Waals surface area contributed by atoms with Gasteiger partial charge in [0.25, 0.3) is 0 Å². The molecule has 138 valence electrons. The van der Waals surface area contributed by atoms with E-state index < -0.39 is 0 Å². The van der Waals surface area contributed by atoms with E-state index in [4.69, 9.17) is 0 Å². The molecule has 0 aliphatic carbocycles. The molecule has 2 nitrogen and oxygen atoms in total. The van der Waals surface area contributed by atoms with Crippen molar-refractivity contribution in [3.8, 4) is 0 Å². The summed E-state index contributed by atoms with van der Waals surface area (Å²) in [6.07, 6.45) is 13.7. The Morgan fingerprint density at radius 3 is 1.46 bits per heavy atom. The molecule has 2 heteroatoms. The summed E-state index contributed by atoms with van der Waals surface area (Å²) in [7, 11) is 0. The van der Waals surface area contributed by atoms with Gasteiger partial charge in [0.1, 0.15) is 0 Å². The van der Waals surface area contributed by atoms with E-state index in [-0.39, 0.29) is 6.61 Å². The van der Waals surface area contributed by atoms with Gasteiger partial charge in [-0.3, -0.25) is 4.90 Å². The van der Waals surface area contributed by atoms with Crippen molar-refractivity contribution in [1.29, 1.82) is 0 Å². The van der Waals surface area contributed by atoms with Crippen LogP contribution in [0.25, 0.3) is 0 Å². The zero-order chi connectivity index (χ0) is 18.4. The maximum atomic E-state index is 9.27. The van der Waals surface area contributed by atoms with Crippen LogP contribution in [0.15, 0.2) is 46.6 Å². The molecular weight excluding hydrogens is 294 g/mol. The summed E-state index contributed by atoms with van der Waals surface area (Å²) >= 11 is 0. The quantitative estimate of drug-likeness (QED) is 0.465. The van der Waals surface area contributed by atoms with E-state index in [1.807, 2.05) is 0 Å². The first kappa shape index (κ1) is 22.9. The predicted octanol–water partition coefficient (Wildman–Crippen LogP) is 5.67. The molecule has 0 rings (SSSR count). The van der Waals surface area contributed by atoms with Gasteiger partial charge in [-0.2, -0.15) is 0 Å². The van der Waals surface area contributed by atoms with Crippen molar-refractivity contribution in [2.75, 3.05) is 26.2 Å². The molecule has 0 amide bonds. The lowest BCUT2D eigenvalue weighted by Gasteiger charge is -2.18. The van der Waals surface area contributed by atoms with E-state index in [2.05, 4.69) is 70.7 Å². The van der Waals surface area contributed by atoms with Crippen molar-refractivity contribution in [2.45, 2.75) is 67.2 Å². The SMILES string of the molecule is CC(C)=CCC/C(C)=C/CN(C/C=C(\C)CCC=C(C)C)CCO. The fourth-order valence-corrected chi connectivity index (χ4v) is 2.35. The maximum absolute atomic E-state index is 9.27. The number of rotatable bonds is 12. The molecular formula is C22H39NO. The zero-order valence-electron chi connectivity index (χ0n) is 16.9. The average molecular weight is 334 g/mol. The predicted molar refractivity (Wildman–Crippen MR) is 108 cm³/mol. The first-order valence-corrected chi connectivity index (χ1v) is 9.26. The molecule has 0 aromatic heterocycles. The third kappa shape index (κ3) is 14.5. The fraction of sp³-hybridized carbons (Fsp3) is 0.636. The maximum Gasteiger partial charge on any atom is 0.0558 e. The van der Waals surface area contributed by atoms with Crippen LogP contribution in [0.1, 0.15) is 67.2 Å². The van der Waals surface area contributed by atoms with Gasteiger partial charge in [-0.1, -0.05) is 46.6 Å². The van der Waals surface area contributed by atoms with Gasteiger partial charge in [-0.05, 0) is 67.2 Å². The summed E-state index contributed by atoms with van der Waals surface area (Å²) < 4.78 is 0. The number of allylic oxidation sites excluding steroid dienone is 6. The Morgan fingerprint density at radius 2 is 1.12 bits per heavy atom. The molecule has 1 N–H and O–H groups in total. The van der Waals surface area contributed by atoms with Crippen LogP contribution in [-0.4, -0.2) is 36.2 Å². The zero-order valence-corrected chi connectivity index (χ0v) is 16.9. The minimum Gasteiger partial charge on any atom is -0.395 e. The molecule has 0 unspecified atom stereocenters.